The van der Waals surface area contributed by atoms with Gasteiger partial charge < -0.3 is 14.5 Å². The summed E-state index contributed by atoms with van der Waals surface area (Å²) in [6.45, 7) is 1.44. The van der Waals surface area contributed by atoms with Crippen molar-refractivity contribution in [3.63, 3.8) is 0 Å². The topological polar surface area (TPSA) is 70.2 Å². The molecule has 0 N–H and O–H groups in total. The summed E-state index contributed by atoms with van der Waals surface area (Å²) in [5.74, 6) is -0.712. The van der Waals surface area contributed by atoms with Crippen LogP contribution in [0.3, 0.4) is 0 Å². The molecule has 8 heteroatoms. The third kappa shape index (κ3) is 4.62. The van der Waals surface area contributed by atoms with Crippen LogP contribution in [0.5, 0.6) is 0 Å². The monoisotopic (exact) mass is 493 g/mol. The number of hydrogen-bond donors (Lipinski definition) is 0. The first-order valence-electron chi connectivity index (χ1n) is 12.7. The molecule has 0 radical (unpaired) electrons. The minimum Gasteiger partial charge on any atom is -0.353 e. The normalized spacial score (nSPS) is 21.3. The molecule has 36 heavy (non-hydrogen) atoms. The van der Waals surface area contributed by atoms with Crippen LogP contribution in [0.4, 0.5) is 4.39 Å². The molecule has 0 aromatic heterocycles. The van der Waals surface area contributed by atoms with Crippen LogP contribution in [0, 0.1) is 11.7 Å². The molecule has 7 nitrogen and oxygen atoms in total. The molecule has 3 fully saturated rings. The molecule has 1 spiro atoms. The molecule has 1 atom stereocenters. The lowest BCUT2D eigenvalue weighted by molar-refractivity contribution is -0.150. The zero-order valence-corrected chi connectivity index (χ0v) is 20.6. The number of carbonyl (C=O) groups excluding carboxylic acids is 3. The van der Waals surface area contributed by atoms with Gasteiger partial charge in [0.25, 0.3) is 5.91 Å². The summed E-state index contributed by atoms with van der Waals surface area (Å²) in [6, 6.07) is 14.2. The highest BCUT2D eigenvalue weighted by Crippen LogP contribution is 2.40. The molecule has 1 saturated carbocycles. The van der Waals surface area contributed by atoms with E-state index in [0.717, 1.165) is 24.8 Å². The standard InChI is InChI=1S/C28H32FN3O4/c1-30(18-20-6-3-2-4-7-20)27(35)24-19-36-28(32(24)26(34)22-10-12-23(29)13-11-22)14-16-31(17-15-28)25(33)21-8-5-9-21/h2-4,6-7,10-13,21,24H,5,8-9,14-19H2,1H3. The van der Waals surface area contributed by atoms with Crippen LogP contribution < -0.4 is 0 Å². The molecule has 0 bridgehead atoms. The van der Waals surface area contributed by atoms with Crippen LogP contribution in [-0.4, -0.2) is 70.9 Å². The van der Waals surface area contributed by atoms with Gasteiger partial charge in [0.2, 0.25) is 11.8 Å². The van der Waals surface area contributed by atoms with Gasteiger partial charge >= 0.3 is 0 Å². The van der Waals surface area contributed by atoms with Crippen LogP contribution >= 0.6 is 0 Å². The summed E-state index contributed by atoms with van der Waals surface area (Å²) in [4.78, 5) is 45.2. The zero-order chi connectivity index (χ0) is 25.3. The highest BCUT2D eigenvalue weighted by atomic mass is 19.1. The smallest absolute Gasteiger partial charge is 0.256 e. The Labute approximate surface area is 210 Å². The van der Waals surface area contributed by atoms with E-state index in [0.29, 0.717) is 38.0 Å². The molecular formula is C28H32FN3O4. The quantitative estimate of drug-likeness (QED) is 0.640. The lowest BCUT2D eigenvalue weighted by Gasteiger charge is -2.45. The molecule has 2 aliphatic heterocycles. The number of rotatable bonds is 5. The lowest BCUT2D eigenvalue weighted by Crippen LogP contribution is -2.60. The van der Waals surface area contributed by atoms with Crippen molar-refractivity contribution >= 4 is 17.7 Å². The van der Waals surface area contributed by atoms with Crippen molar-refractivity contribution in [2.45, 2.75) is 50.4 Å². The van der Waals surface area contributed by atoms with Gasteiger partial charge in [-0.2, -0.15) is 0 Å². The Morgan fingerprint density at radius 3 is 2.31 bits per heavy atom. The summed E-state index contributed by atoms with van der Waals surface area (Å²) < 4.78 is 19.8. The number of nitrogens with zero attached hydrogens (tertiary/aromatic N) is 3. The predicted octanol–water partition coefficient (Wildman–Crippen LogP) is 3.44. The Balaban J connectivity index is 1.38. The Morgan fingerprint density at radius 1 is 1.03 bits per heavy atom. The van der Waals surface area contributed by atoms with E-state index in [1.807, 2.05) is 35.2 Å². The van der Waals surface area contributed by atoms with E-state index in [1.165, 1.54) is 24.3 Å². The summed E-state index contributed by atoms with van der Waals surface area (Å²) in [5, 5.41) is 0. The average molecular weight is 494 g/mol. The number of likely N-dealkylation sites (tertiary alicyclic amines) is 1. The van der Waals surface area contributed by atoms with Crippen molar-refractivity contribution in [3.05, 3.63) is 71.5 Å². The maximum atomic E-state index is 13.8. The van der Waals surface area contributed by atoms with E-state index >= 15 is 0 Å². The number of ether oxygens (including phenoxy) is 1. The largest absolute Gasteiger partial charge is 0.353 e. The van der Waals surface area contributed by atoms with Gasteiger partial charge in [-0.15, -0.1) is 0 Å². The SMILES string of the molecule is CN(Cc1ccccc1)C(=O)C1COC2(CCN(C(=O)C3CCC3)CC2)N1C(=O)c1ccc(F)cc1. The van der Waals surface area contributed by atoms with Crippen molar-refractivity contribution in [3.8, 4) is 0 Å². The molecule has 1 unspecified atom stereocenters. The fourth-order valence-electron chi connectivity index (χ4n) is 5.47. The van der Waals surface area contributed by atoms with E-state index in [9.17, 15) is 18.8 Å². The van der Waals surface area contributed by atoms with Gasteiger partial charge in [-0.05, 0) is 42.7 Å². The van der Waals surface area contributed by atoms with E-state index in [4.69, 9.17) is 4.74 Å². The molecule has 2 aromatic rings. The van der Waals surface area contributed by atoms with E-state index in [1.54, 1.807) is 16.8 Å². The van der Waals surface area contributed by atoms with Gasteiger partial charge in [0.05, 0.1) is 6.61 Å². The van der Waals surface area contributed by atoms with Crippen molar-refractivity contribution in [2.24, 2.45) is 5.92 Å². The minimum absolute atomic E-state index is 0.0848. The predicted molar refractivity (Wildman–Crippen MR) is 131 cm³/mol. The first kappa shape index (κ1) is 24.4. The number of hydrogen-bond acceptors (Lipinski definition) is 4. The van der Waals surface area contributed by atoms with Gasteiger partial charge in [-0.1, -0.05) is 36.8 Å². The highest BCUT2D eigenvalue weighted by Gasteiger charge is 2.55. The Hall–Kier alpha value is -3.26. The second kappa shape index (κ2) is 10.0. The first-order chi connectivity index (χ1) is 17.4. The molecule has 2 saturated heterocycles. The third-order valence-corrected chi connectivity index (χ3v) is 7.81. The number of halogens is 1. The molecule has 3 amide bonds. The molecule has 5 rings (SSSR count). The van der Waals surface area contributed by atoms with Crippen LogP contribution in [0.2, 0.25) is 0 Å². The van der Waals surface area contributed by atoms with Crippen LogP contribution in [-0.2, 0) is 20.9 Å². The van der Waals surface area contributed by atoms with E-state index in [2.05, 4.69) is 0 Å². The highest BCUT2D eigenvalue weighted by molar-refractivity contribution is 5.98. The van der Waals surface area contributed by atoms with Crippen LogP contribution in [0.15, 0.2) is 54.6 Å². The van der Waals surface area contributed by atoms with Gasteiger partial charge in [-0.3, -0.25) is 19.3 Å². The number of piperidine rings is 1. The fraction of sp³-hybridized carbons (Fsp3) is 0.464. The lowest BCUT2D eigenvalue weighted by atomic mass is 9.83. The van der Waals surface area contributed by atoms with Gasteiger partial charge in [0.15, 0.2) is 0 Å². The first-order valence-corrected chi connectivity index (χ1v) is 12.7. The van der Waals surface area contributed by atoms with Crippen molar-refractivity contribution in [2.75, 3.05) is 26.7 Å². The molecular weight excluding hydrogens is 461 g/mol. The van der Waals surface area contributed by atoms with Crippen molar-refractivity contribution in [1.29, 1.82) is 0 Å². The average Bonchev–Trinajstić information content (AvgIpc) is 3.21. The molecule has 2 aromatic carbocycles. The second-order valence-electron chi connectivity index (χ2n) is 10.1. The summed E-state index contributed by atoms with van der Waals surface area (Å²) in [7, 11) is 1.72. The third-order valence-electron chi connectivity index (χ3n) is 7.81. The molecule has 1 aliphatic carbocycles. The Kier molecular flexibility index (Phi) is 6.79. The number of amides is 3. The van der Waals surface area contributed by atoms with Crippen molar-refractivity contribution in [1.82, 2.24) is 14.7 Å². The zero-order valence-electron chi connectivity index (χ0n) is 20.6. The van der Waals surface area contributed by atoms with Gasteiger partial charge in [0, 0.05) is 51.0 Å². The summed E-state index contributed by atoms with van der Waals surface area (Å²) in [6.07, 6.45) is 3.85. The maximum absolute atomic E-state index is 13.8. The van der Waals surface area contributed by atoms with Gasteiger partial charge in [-0.25, -0.2) is 4.39 Å². The number of carbonyl (C=O) groups is 3. The van der Waals surface area contributed by atoms with Crippen LogP contribution in [0.1, 0.15) is 48.0 Å². The second-order valence-corrected chi connectivity index (χ2v) is 10.1. The molecule has 190 valence electrons. The fourth-order valence-corrected chi connectivity index (χ4v) is 5.47. The number of likely N-dealkylation sites (N-methyl/N-ethyl adjacent to an activating group) is 1. The van der Waals surface area contributed by atoms with Gasteiger partial charge in [0.1, 0.15) is 17.6 Å². The van der Waals surface area contributed by atoms with E-state index < -0.39 is 17.6 Å². The molecule has 2 heterocycles. The molecule has 3 aliphatic rings. The van der Waals surface area contributed by atoms with E-state index in [-0.39, 0.29) is 30.2 Å². The Bertz CT molecular complexity index is 1110. The summed E-state index contributed by atoms with van der Waals surface area (Å²) >= 11 is 0. The minimum atomic E-state index is -0.976. The Morgan fingerprint density at radius 2 is 1.69 bits per heavy atom. The number of benzene rings is 2. The van der Waals surface area contributed by atoms with Crippen LogP contribution in [0.25, 0.3) is 0 Å². The van der Waals surface area contributed by atoms with Crippen molar-refractivity contribution < 1.29 is 23.5 Å². The maximum Gasteiger partial charge on any atom is 0.256 e. The summed E-state index contributed by atoms with van der Waals surface area (Å²) in [5.41, 5.74) is 0.314.